The Bertz CT molecular complexity index is 1090. The molecule has 142 valence electrons. The van der Waals surface area contributed by atoms with Gasteiger partial charge in [0.25, 0.3) is 0 Å². The summed E-state index contributed by atoms with van der Waals surface area (Å²) in [6.45, 7) is 3.23. The van der Waals surface area contributed by atoms with Crippen LogP contribution in [0.1, 0.15) is 17.4 Å². The summed E-state index contributed by atoms with van der Waals surface area (Å²) in [6.07, 6.45) is 9.46. The van der Waals surface area contributed by atoms with Gasteiger partial charge >= 0.3 is 0 Å². The van der Waals surface area contributed by atoms with Crippen LogP contribution in [-0.2, 0) is 18.3 Å². The van der Waals surface area contributed by atoms with Gasteiger partial charge in [0.1, 0.15) is 11.8 Å². The number of rotatable bonds is 4. The van der Waals surface area contributed by atoms with Gasteiger partial charge in [0.2, 0.25) is 0 Å². The second-order valence-corrected chi connectivity index (χ2v) is 7.07. The van der Waals surface area contributed by atoms with E-state index in [1.807, 2.05) is 40.8 Å². The van der Waals surface area contributed by atoms with E-state index in [4.69, 9.17) is 4.74 Å². The largest absolute Gasteiger partial charge is 0.369 e. The molecule has 8 heteroatoms. The molecule has 4 aromatic heterocycles. The van der Waals surface area contributed by atoms with E-state index >= 15 is 0 Å². The van der Waals surface area contributed by atoms with Crippen molar-refractivity contribution in [1.82, 2.24) is 34.5 Å². The molecule has 0 aromatic carbocycles. The number of hydrogen-bond donors (Lipinski definition) is 0. The predicted octanol–water partition coefficient (Wildman–Crippen LogP) is 2.10. The maximum absolute atomic E-state index is 6.03. The lowest BCUT2D eigenvalue weighted by Gasteiger charge is -2.31. The van der Waals surface area contributed by atoms with E-state index in [9.17, 15) is 0 Å². The summed E-state index contributed by atoms with van der Waals surface area (Å²) in [5, 5.41) is 13.0. The lowest BCUT2D eigenvalue weighted by molar-refractivity contribution is -0.0343. The summed E-state index contributed by atoms with van der Waals surface area (Å²) in [4.78, 5) is 6.45. The second kappa shape index (κ2) is 7.14. The minimum Gasteiger partial charge on any atom is -0.369 e. The molecule has 5 heterocycles. The van der Waals surface area contributed by atoms with Crippen molar-refractivity contribution >= 4 is 5.52 Å². The van der Waals surface area contributed by atoms with Crippen molar-refractivity contribution in [3.63, 3.8) is 0 Å². The second-order valence-electron chi connectivity index (χ2n) is 7.07. The van der Waals surface area contributed by atoms with E-state index in [1.165, 1.54) is 5.56 Å². The zero-order chi connectivity index (χ0) is 18.9. The zero-order valence-corrected chi connectivity index (χ0v) is 15.6. The van der Waals surface area contributed by atoms with Gasteiger partial charge in [-0.1, -0.05) is 11.3 Å². The lowest BCUT2D eigenvalue weighted by Crippen LogP contribution is -2.38. The van der Waals surface area contributed by atoms with Crippen LogP contribution in [0.25, 0.3) is 16.6 Å². The minimum absolute atomic E-state index is 0.0882. The molecule has 5 rings (SSSR count). The maximum atomic E-state index is 6.03. The van der Waals surface area contributed by atoms with Gasteiger partial charge in [0, 0.05) is 62.6 Å². The summed E-state index contributed by atoms with van der Waals surface area (Å²) in [5.74, 6) is 0. The zero-order valence-electron chi connectivity index (χ0n) is 15.6. The van der Waals surface area contributed by atoms with Crippen molar-refractivity contribution in [2.75, 3.05) is 19.7 Å². The molecule has 4 aromatic rings. The normalized spacial score (nSPS) is 18.0. The molecule has 0 N–H and O–H groups in total. The highest BCUT2D eigenvalue weighted by Crippen LogP contribution is 2.27. The Hall–Kier alpha value is -3.10. The molecule has 0 amide bonds. The fourth-order valence-electron chi connectivity index (χ4n) is 3.68. The van der Waals surface area contributed by atoms with Gasteiger partial charge in [0.05, 0.1) is 18.3 Å². The van der Waals surface area contributed by atoms with Crippen LogP contribution in [0.4, 0.5) is 0 Å². The molecular weight excluding hydrogens is 354 g/mol. The molecule has 0 saturated carbocycles. The average molecular weight is 375 g/mol. The van der Waals surface area contributed by atoms with Crippen LogP contribution in [0, 0.1) is 0 Å². The van der Waals surface area contributed by atoms with Crippen molar-refractivity contribution < 1.29 is 4.74 Å². The highest BCUT2D eigenvalue weighted by atomic mass is 16.5. The Morgan fingerprint density at radius 3 is 2.82 bits per heavy atom. The summed E-state index contributed by atoms with van der Waals surface area (Å²) in [6, 6.07) is 8.13. The number of ether oxygens (including phenoxy) is 1. The third kappa shape index (κ3) is 3.28. The van der Waals surface area contributed by atoms with E-state index in [1.54, 1.807) is 12.4 Å². The summed E-state index contributed by atoms with van der Waals surface area (Å²) < 4.78 is 9.69. The highest BCUT2D eigenvalue weighted by Gasteiger charge is 2.26. The van der Waals surface area contributed by atoms with E-state index in [-0.39, 0.29) is 6.10 Å². The Kier molecular flexibility index (Phi) is 4.34. The molecule has 8 nitrogen and oxygen atoms in total. The molecule has 1 saturated heterocycles. The van der Waals surface area contributed by atoms with Crippen LogP contribution in [0.2, 0.25) is 0 Å². The number of hydrogen-bond acceptors (Lipinski definition) is 6. The van der Waals surface area contributed by atoms with E-state index < -0.39 is 0 Å². The average Bonchev–Trinajstić information content (AvgIpc) is 3.34. The summed E-state index contributed by atoms with van der Waals surface area (Å²) >= 11 is 0. The third-order valence-electron chi connectivity index (χ3n) is 5.07. The first-order chi connectivity index (χ1) is 13.8. The fraction of sp³-hybridized carbons (Fsp3) is 0.300. The van der Waals surface area contributed by atoms with Gasteiger partial charge in [0.15, 0.2) is 0 Å². The monoisotopic (exact) mass is 375 g/mol. The van der Waals surface area contributed by atoms with Gasteiger partial charge in [-0.2, -0.15) is 5.10 Å². The van der Waals surface area contributed by atoms with Gasteiger partial charge in [-0.3, -0.25) is 14.6 Å². The Morgan fingerprint density at radius 2 is 2.00 bits per heavy atom. The smallest absolute Gasteiger partial charge is 0.121 e. The molecule has 0 aliphatic carbocycles. The molecular formula is C20H21N7O. The topological polar surface area (TPSA) is 73.4 Å². The number of fused-ring (bicyclic) bond motifs is 1. The third-order valence-corrected chi connectivity index (χ3v) is 5.07. The standard InChI is InChI=1S/C20H21N7O/c1-25-11-15(10-22-25)12-26-8-9-28-19(14-26)20-18-3-2-17(13-27(18)24-23-20)16-4-6-21-7-5-16/h2-7,10-11,13,19H,8-9,12,14H2,1H3. The van der Waals surface area contributed by atoms with Gasteiger partial charge in [-0.25, -0.2) is 4.52 Å². The van der Waals surface area contributed by atoms with E-state index in [0.29, 0.717) is 6.61 Å². The molecule has 1 aliphatic heterocycles. The van der Waals surface area contributed by atoms with Gasteiger partial charge in [-0.15, -0.1) is 5.10 Å². The number of aryl methyl sites for hydroxylation is 1. The SMILES string of the molecule is Cn1cc(CN2CCOC(c3nnn4cc(-c5ccncc5)ccc34)C2)cn1. The lowest BCUT2D eigenvalue weighted by atomic mass is 10.1. The van der Waals surface area contributed by atoms with Gasteiger partial charge < -0.3 is 4.74 Å². The van der Waals surface area contributed by atoms with Crippen molar-refractivity contribution in [3.8, 4) is 11.1 Å². The van der Waals surface area contributed by atoms with E-state index in [0.717, 1.165) is 42.0 Å². The maximum Gasteiger partial charge on any atom is 0.121 e. The van der Waals surface area contributed by atoms with Crippen molar-refractivity contribution in [2.24, 2.45) is 7.05 Å². The quantitative estimate of drug-likeness (QED) is 0.544. The molecule has 0 radical (unpaired) electrons. The highest BCUT2D eigenvalue weighted by molar-refractivity contribution is 5.65. The Morgan fingerprint density at radius 1 is 1.11 bits per heavy atom. The van der Waals surface area contributed by atoms with Crippen LogP contribution >= 0.6 is 0 Å². The fourth-order valence-corrected chi connectivity index (χ4v) is 3.68. The number of pyridine rings is 2. The Labute approximate surface area is 162 Å². The summed E-state index contributed by atoms with van der Waals surface area (Å²) in [7, 11) is 1.94. The number of nitrogens with zero attached hydrogens (tertiary/aromatic N) is 7. The molecule has 0 bridgehead atoms. The molecule has 0 spiro atoms. The number of morpholine rings is 1. The summed E-state index contributed by atoms with van der Waals surface area (Å²) in [5.41, 5.74) is 5.25. The predicted molar refractivity (Wildman–Crippen MR) is 103 cm³/mol. The minimum atomic E-state index is -0.0882. The van der Waals surface area contributed by atoms with Gasteiger partial charge in [-0.05, 0) is 23.8 Å². The van der Waals surface area contributed by atoms with Crippen molar-refractivity contribution in [2.45, 2.75) is 12.6 Å². The van der Waals surface area contributed by atoms with Crippen LogP contribution < -0.4 is 0 Å². The van der Waals surface area contributed by atoms with E-state index in [2.05, 4.69) is 43.6 Å². The Balaban J connectivity index is 1.38. The molecule has 1 aliphatic rings. The molecule has 1 unspecified atom stereocenters. The van der Waals surface area contributed by atoms with Crippen LogP contribution in [0.3, 0.4) is 0 Å². The first-order valence-electron chi connectivity index (χ1n) is 9.33. The van der Waals surface area contributed by atoms with Crippen LogP contribution in [0.15, 0.2) is 55.2 Å². The number of aromatic nitrogens is 6. The van der Waals surface area contributed by atoms with Crippen LogP contribution in [-0.4, -0.2) is 54.2 Å². The molecule has 28 heavy (non-hydrogen) atoms. The van der Waals surface area contributed by atoms with Crippen LogP contribution in [0.5, 0.6) is 0 Å². The molecule has 1 fully saturated rings. The molecule has 1 atom stereocenters. The first-order valence-corrected chi connectivity index (χ1v) is 9.33. The first kappa shape index (κ1) is 17.0. The van der Waals surface area contributed by atoms with Crippen molar-refractivity contribution in [1.29, 1.82) is 0 Å². The van der Waals surface area contributed by atoms with Crippen molar-refractivity contribution in [3.05, 3.63) is 66.5 Å².